The first-order chi connectivity index (χ1) is 6.50. The zero-order valence-electron chi connectivity index (χ0n) is 8.43. The number of benzene rings is 1. The lowest BCUT2D eigenvalue weighted by Crippen LogP contribution is -2.13. The van der Waals surface area contributed by atoms with E-state index in [4.69, 9.17) is 5.73 Å². The SMILES string of the molecule is CC(C)C[C@H](N)c1ccc(Br)c(F)c1. The fourth-order valence-corrected chi connectivity index (χ4v) is 1.63. The lowest BCUT2D eigenvalue weighted by atomic mass is 9.98. The minimum absolute atomic E-state index is 0.0717. The Kier molecular flexibility index (Phi) is 4.08. The molecule has 0 aliphatic carbocycles. The minimum atomic E-state index is -0.248. The topological polar surface area (TPSA) is 26.0 Å². The number of halogens is 2. The molecule has 2 N–H and O–H groups in total. The zero-order chi connectivity index (χ0) is 10.7. The third-order valence-electron chi connectivity index (χ3n) is 2.10. The highest BCUT2D eigenvalue weighted by Crippen LogP contribution is 2.23. The van der Waals surface area contributed by atoms with E-state index in [2.05, 4.69) is 29.8 Å². The average Bonchev–Trinajstić information content (AvgIpc) is 2.08. The van der Waals surface area contributed by atoms with Gasteiger partial charge in [0, 0.05) is 6.04 Å². The first-order valence-electron chi connectivity index (χ1n) is 4.71. The van der Waals surface area contributed by atoms with Crippen molar-refractivity contribution in [3.63, 3.8) is 0 Å². The smallest absolute Gasteiger partial charge is 0.137 e. The highest BCUT2D eigenvalue weighted by Gasteiger charge is 2.10. The van der Waals surface area contributed by atoms with Crippen molar-refractivity contribution in [3.8, 4) is 0 Å². The summed E-state index contributed by atoms with van der Waals surface area (Å²) in [5.74, 6) is 0.276. The molecule has 0 amide bonds. The average molecular weight is 260 g/mol. The standard InChI is InChI=1S/C11H15BrFN/c1-7(2)5-11(14)8-3-4-9(12)10(13)6-8/h3-4,6-7,11H,5,14H2,1-2H3/t11-/m0/s1. The summed E-state index contributed by atoms with van der Waals surface area (Å²) >= 11 is 3.11. The molecule has 0 aromatic heterocycles. The van der Waals surface area contributed by atoms with E-state index in [-0.39, 0.29) is 11.9 Å². The number of hydrogen-bond acceptors (Lipinski definition) is 1. The summed E-state index contributed by atoms with van der Waals surface area (Å²) in [6.07, 6.45) is 0.876. The van der Waals surface area contributed by atoms with Crippen LogP contribution in [-0.4, -0.2) is 0 Å². The molecule has 0 aliphatic rings. The second-order valence-electron chi connectivity index (χ2n) is 3.91. The lowest BCUT2D eigenvalue weighted by molar-refractivity contribution is 0.507. The van der Waals surface area contributed by atoms with E-state index in [1.807, 2.05) is 6.07 Å². The van der Waals surface area contributed by atoms with Crippen molar-refractivity contribution >= 4 is 15.9 Å². The van der Waals surface area contributed by atoms with Crippen LogP contribution in [0.25, 0.3) is 0 Å². The minimum Gasteiger partial charge on any atom is -0.324 e. The van der Waals surface area contributed by atoms with E-state index in [9.17, 15) is 4.39 Å². The first-order valence-corrected chi connectivity index (χ1v) is 5.50. The summed E-state index contributed by atoms with van der Waals surface area (Å²) in [5.41, 5.74) is 6.79. The van der Waals surface area contributed by atoms with Crippen molar-refractivity contribution in [1.82, 2.24) is 0 Å². The van der Waals surface area contributed by atoms with Crippen LogP contribution in [0, 0.1) is 11.7 Å². The second kappa shape index (κ2) is 4.89. The summed E-state index contributed by atoms with van der Waals surface area (Å²) in [6, 6.07) is 4.99. The van der Waals surface area contributed by atoms with E-state index < -0.39 is 0 Å². The summed E-state index contributed by atoms with van der Waals surface area (Å²) < 4.78 is 13.7. The van der Waals surface area contributed by atoms with Crippen molar-refractivity contribution < 1.29 is 4.39 Å². The van der Waals surface area contributed by atoms with E-state index in [1.54, 1.807) is 6.07 Å². The maximum absolute atomic E-state index is 13.2. The van der Waals surface area contributed by atoms with Crippen LogP contribution in [0.1, 0.15) is 31.9 Å². The van der Waals surface area contributed by atoms with Gasteiger partial charge >= 0.3 is 0 Å². The predicted molar refractivity (Wildman–Crippen MR) is 60.5 cm³/mol. The van der Waals surface area contributed by atoms with Crippen LogP contribution >= 0.6 is 15.9 Å². The second-order valence-corrected chi connectivity index (χ2v) is 4.76. The molecular weight excluding hydrogens is 245 g/mol. The molecule has 0 fully saturated rings. The Morgan fingerprint density at radius 2 is 2.07 bits per heavy atom. The predicted octanol–water partition coefficient (Wildman–Crippen LogP) is 3.63. The molecule has 0 saturated carbocycles. The van der Waals surface area contributed by atoms with Crippen LogP contribution in [0.4, 0.5) is 4.39 Å². The van der Waals surface area contributed by atoms with Crippen molar-refractivity contribution in [2.75, 3.05) is 0 Å². The van der Waals surface area contributed by atoms with Crippen molar-refractivity contribution in [3.05, 3.63) is 34.1 Å². The van der Waals surface area contributed by atoms with Gasteiger partial charge in [-0.3, -0.25) is 0 Å². The Bertz CT molecular complexity index is 312. The molecule has 14 heavy (non-hydrogen) atoms. The summed E-state index contributed by atoms with van der Waals surface area (Å²) in [5, 5.41) is 0. The Labute approximate surface area is 92.6 Å². The fraction of sp³-hybridized carbons (Fsp3) is 0.455. The van der Waals surface area contributed by atoms with E-state index in [0.29, 0.717) is 10.4 Å². The Hall–Kier alpha value is -0.410. The fourth-order valence-electron chi connectivity index (χ4n) is 1.39. The molecule has 1 nitrogen and oxygen atoms in total. The molecule has 0 aliphatic heterocycles. The summed E-state index contributed by atoms with van der Waals surface area (Å²) in [4.78, 5) is 0. The maximum Gasteiger partial charge on any atom is 0.137 e. The Morgan fingerprint density at radius 3 is 2.57 bits per heavy atom. The van der Waals surface area contributed by atoms with E-state index in [0.717, 1.165) is 12.0 Å². The van der Waals surface area contributed by atoms with Gasteiger partial charge in [0.15, 0.2) is 0 Å². The molecule has 0 unspecified atom stereocenters. The van der Waals surface area contributed by atoms with Crippen LogP contribution in [0.2, 0.25) is 0 Å². The highest BCUT2D eigenvalue weighted by molar-refractivity contribution is 9.10. The van der Waals surface area contributed by atoms with Gasteiger partial charge in [-0.25, -0.2) is 4.39 Å². The van der Waals surface area contributed by atoms with Gasteiger partial charge < -0.3 is 5.73 Å². The first kappa shape index (κ1) is 11.7. The number of hydrogen-bond donors (Lipinski definition) is 1. The molecule has 1 aromatic rings. The van der Waals surface area contributed by atoms with Crippen LogP contribution in [0.15, 0.2) is 22.7 Å². The molecule has 1 rings (SSSR count). The monoisotopic (exact) mass is 259 g/mol. The highest BCUT2D eigenvalue weighted by atomic mass is 79.9. The van der Waals surface area contributed by atoms with Crippen LogP contribution in [0.5, 0.6) is 0 Å². The molecule has 3 heteroatoms. The normalized spacial score (nSPS) is 13.3. The van der Waals surface area contributed by atoms with E-state index >= 15 is 0 Å². The molecule has 0 bridgehead atoms. The summed E-state index contributed by atoms with van der Waals surface area (Å²) in [6.45, 7) is 4.21. The van der Waals surface area contributed by atoms with Crippen molar-refractivity contribution in [2.24, 2.45) is 11.7 Å². The molecular formula is C11H15BrFN. The van der Waals surface area contributed by atoms with Gasteiger partial charge in [0.05, 0.1) is 4.47 Å². The molecule has 0 saturated heterocycles. The molecule has 78 valence electrons. The third kappa shape index (κ3) is 3.07. The molecule has 1 aromatic carbocycles. The van der Waals surface area contributed by atoms with Gasteiger partial charge in [-0.1, -0.05) is 19.9 Å². The van der Waals surface area contributed by atoms with Crippen molar-refractivity contribution in [1.29, 1.82) is 0 Å². The lowest BCUT2D eigenvalue weighted by Gasteiger charge is -2.14. The van der Waals surface area contributed by atoms with Crippen LogP contribution < -0.4 is 5.73 Å². The van der Waals surface area contributed by atoms with Gasteiger partial charge in [0.2, 0.25) is 0 Å². The molecule has 0 radical (unpaired) electrons. The number of rotatable bonds is 3. The maximum atomic E-state index is 13.2. The third-order valence-corrected chi connectivity index (χ3v) is 2.74. The Morgan fingerprint density at radius 1 is 1.43 bits per heavy atom. The van der Waals surface area contributed by atoms with Gasteiger partial charge in [0.25, 0.3) is 0 Å². The van der Waals surface area contributed by atoms with Gasteiger partial charge in [-0.15, -0.1) is 0 Å². The quantitative estimate of drug-likeness (QED) is 0.882. The van der Waals surface area contributed by atoms with E-state index in [1.165, 1.54) is 6.07 Å². The van der Waals surface area contributed by atoms with Gasteiger partial charge in [0.1, 0.15) is 5.82 Å². The molecule has 1 atom stereocenters. The van der Waals surface area contributed by atoms with Crippen LogP contribution in [-0.2, 0) is 0 Å². The number of nitrogens with two attached hydrogens (primary N) is 1. The molecule has 0 heterocycles. The van der Waals surface area contributed by atoms with Crippen LogP contribution in [0.3, 0.4) is 0 Å². The summed E-state index contributed by atoms with van der Waals surface area (Å²) in [7, 11) is 0. The van der Waals surface area contributed by atoms with Gasteiger partial charge in [-0.05, 0) is 46.0 Å². The zero-order valence-corrected chi connectivity index (χ0v) is 10.0. The molecule has 0 spiro atoms. The van der Waals surface area contributed by atoms with Gasteiger partial charge in [-0.2, -0.15) is 0 Å². The van der Waals surface area contributed by atoms with Crippen molar-refractivity contribution in [2.45, 2.75) is 26.3 Å². The largest absolute Gasteiger partial charge is 0.324 e. The Balaban J connectivity index is 2.80.